The lowest BCUT2D eigenvalue weighted by molar-refractivity contribution is 0.0899. The van der Waals surface area contributed by atoms with Gasteiger partial charge in [-0.2, -0.15) is 0 Å². The Morgan fingerprint density at radius 2 is 1.70 bits per heavy atom. The predicted octanol–water partition coefficient (Wildman–Crippen LogP) is 4.05. The molecule has 0 saturated heterocycles. The summed E-state index contributed by atoms with van der Waals surface area (Å²) in [5, 5.41) is 0. The van der Waals surface area contributed by atoms with Crippen LogP contribution in [-0.4, -0.2) is 20.9 Å². The molecule has 2 aromatic rings. The molecule has 0 unspecified atom stereocenters. The van der Waals surface area contributed by atoms with Crippen molar-refractivity contribution < 1.29 is 9.59 Å². The zero-order chi connectivity index (χ0) is 14.7. The Morgan fingerprint density at radius 1 is 1.10 bits per heavy atom. The summed E-state index contributed by atoms with van der Waals surface area (Å²) in [5.41, 5.74) is 1.39. The molecule has 0 N–H and O–H groups in total. The highest BCUT2D eigenvalue weighted by atomic mass is 32.1. The maximum Gasteiger partial charge on any atom is 0.233 e. The van der Waals surface area contributed by atoms with E-state index in [1.165, 1.54) is 16.1 Å². The van der Waals surface area contributed by atoms with Gasteiger partial charge in [0.25, 0.3) is 0 Å². The zero-order valence-electron chi connectivity index (χ0n) is 11.8. The number of nitrogens with zero attached hydrogens (tertiary/aromatic N) is 2. The Bertz CT molecular complexity index is 712. The maximum absolute atomic E-state index is 12.4. The summed E-state index contributed by atoms with van der Waals surface area (Å²) in [6.45, 7) is 3.55. The van der Waals surface area contributed by atoms with E-state index in [1.54, 1.807) is 0 Å². The van der Waals surface area contributed by atoms with Gasteiger partial charge in [-0.05, 0) is 30.8 Å². The van der Waals surface area contributed by atoms with E-state index in [0.717, 1.165) is 19.3 Å². The van der Waals surface area contributed by atoms with Crippen molar-refractivity contribution in [2.24, 2.45) is 0 Å². The highest BCUT2D eigenvalue weighted by Crippen LogP contribution is 2.19. The summed E-state index contributed by atoms with van der Waals surface area (Å²) in [4.78, 5) is 24.1. The smallest absolute Gasteiger partial charge is 0.233 e. The van der Waals surface area contributed by atoms with Crippen LogP contribution in [0.5, 0.6) is 0 Å². The SMILES string of the molecule is CCCCCC(=O)n1c(=S)n(C(C)=O)c2ccccc21. The minimum absolute atomic E-state index is 0.0420. The molecule has 1 aromatic heterocycles. The fourth-order valence-corrected chi connectivity index (χ4v) is 2.76. The van der Waals surface area contributed by atoms with Crippen LogP contribution < -0.4 is 0 Å². The Kier molecular flexibility index (Phi) is 4.49. The van der Waals surface area contributed by atoms with Gasteiger partial charge in [0.1, 0.15) is 0 Å². The van der Waals surface area contributed by atoms with Gasteiger partial charge in [0.2, 0.25) is 11.8 Å². The zero-order valence-corrected chi connectivity index (χ0v) is 12.6. The Labute approximate surface area is 123 Å². The van der Waals surface area contributed by atoms with Crippen LogP contribution in [0.3, 0.4) is 0 Å². The van der Waals surface area contributed by atoms with Gasteiger partial charge >= 0.3 is 0 Å². The lowest BCUT2D eigenvalue weighted by Gasteiger charge is -2.02. The van der Waals surface area contributed by atoms with Crippen LogP contribution in [-0.2, 0) is 0 Å². The first-order valence-electron chi connectivity index (χ1n) is 6.84. The second-order valence-electron chi connectivity index (χ2n) is 4.81. The average Bonchev–Trinajstić information content (AvgIpc) is 2.70. The summed E-state index contributed by atoms with van der Waals surface area (Å²) < 4.78 is 3.17. The van der Waals surface area contributed by atoms with Crippen molar-refractivity contribution in [1.29, 1.82) is 0 Å². The van der Waals surface area contributed by atoms with Gasteiger partial charge < -0.3 is 0 Å². The van der Waals surface area contributed by atoms with Gasteiger partial charge in [0, 0.05) is 13.3 Å². The fraction of sp³-hybridized carbons (Fsp3) is 0.400. The monoisotopic (exact) mass is 290 g/mol. The fourth-order valence-electron chi connectivity index (χ4n) is 2.33. The third kappa shape index (κ3) is 2.58. The van der Waals surface area contributed by atoms with Gasteiger partial charge in [-0.25, -0.2) is 0 Å². The molecule has 106 valence electrons. The number of rotatable bonds is 4. The summed E-state index contributed by atoms with van der Waals surface area (Å²) >= 11 is 5.31. The molecule has 0 atom stereocenters. The molecule has 20 heavy (non-hydrogen) atoms. The van der Waals surface area contributed by atoms with E-state index < -0.39 is 0 Å². The van der Waals surface area contributed by atoms with Gasteiger partial charge in [-0.1, -0.05) is 31.9 Å². The lowest BCUT2D eigenvalue weighted by Crippen LogP contribution is -2.13. The molecule has 0 aliphatic rings. The number of aromatic nitrogens is 2. The minimum atomic E-state index is -0.175. The first-order valence-corrected chi connectivity index (χ1v) is 7.25. The molecule has 0 amide bonds. The van der Waals surface area contributed by atoms with Crippen molar-refractivity contribution in [3.63, 3.8) is 0 Å². The van der Waals surface area contributed by atoms with E-state index in [1.807, 2.05) is 24.3 Å². The molecule has 5 heteroatoms. The Balaban J connectivity index is 2.53. The Hall–Kier alpha value is -1.75. The van der Waals surface area contributed by atoms with Crippen molar-refractivity contribution in [3.8, 4) is 0 Å². The number of fused-ring (bicyclic) bond motifs is 1. The number of hydrogen-bond acceptors (Lipinski definition) is 3. The quantitative estimate of drug-likeness (QED) is 0.630. The lowest BCUT2D eigenvalue weighted by atomic mass is 10.2. The molecule has 0 fully saturated rings. The molecule has 4 nitrogen and oxygen atoms in total. The normalized spacial score (nSPS) is 10.9. The molecular weight excluding hydrogens is 272 g/mol. The Morgan fingerprint density at radius 3 is 2.25 bits per heavy atom. The molecule has 0 spiro atoms. The largest absolute Gasteiger partial charge is 0.274 e. The molecule has 0 radical (unpaired) electrons. The molecule has 0 aliphatic carbocycles. The number of benzene rings is 1. The predicted molar refractivity (Wildman–Crippen MR) is 81.8 cm³/mol. The summed E-state index contributed by atoms with van der Waals surface area (Å²) in [7, 11) is 0. The highest BCUT2D eigenvalue weighted by molar-refractivity contribution is 7.71. The van der Waals surface area contributed by atoms with Crippen LogP contribution in [0, 0.1) is 4.77 Å². The van der Waals surface area contributed by atoms with Crippen molar-refractivity contribution >= 4 is 35.1 Å². The number of carbonyl (C=O) groups is 2. The first-order chi connectivity index (χ1) is 9.57. The topological polar surface area (TPSA) is 44.0 Å². The summed E-state index contributed by atoms with van der Waals surface area (Å²) in [5.74, 6) is -0.217. The summed E-state index contributed by atoms with van der Waals surface area (Å²) in [6, 6.07) is 7.31. The number of imidazole rings is 1. The molecule has 0 saturated carbocycles. The van der Waals surface area contributed by atoms with Gasteiger partial charge in [0.05, 0.1) is 11.0 Å². The van der Waals surface area contributed by atoms with Gasteiger partial charge in [0.15, 0.2) is 4.77 Å². The number of carbonyl (C=O) groups excluding carboxylic acids is 2. The second kappa shape index (κ2) is 6.13. The average molecular weight is 290 g/mol. The molecule has 0 aliphatic heterocycles. The van der Waals surface area contributed by atoms with Crippen LogP contribution >= 0.6 is 12.2 Å². The standard InChI is InChI=1S/C15H18N2O2S/c1-3-4-5-10-14(19)17-13-9-7-6-8-12(13)16(11(2)18)15(17)20/h6-9H,3-5,10H2,1-2H3. The number of para-hydroxylation sites is 2. The van der Waals surface area contributed by atoms with E-state index in [0.29, 0.717) is 17.5 Å². The van der Waals surface area contributed by atoms with E-state index in [9.17, 15) is 9.59 Å². The van der Waals surface area contributed by atoms with E-state index in [-0.39, 0.29) is 16.6 Å². The van der Waals surface area contributed by atoms with Crippen molar-refractivity contribution in [1.82, 2.24) is 9.13 Å². The molecule has 1 heterocycles. The van der Waals surface area contributed by atoms with E-state index >= 15 is 0 Å². The van der Waals surface area contributed by atoms with Crippen LogP contribution in [0.2, 0.25) is 0 Å². The molecule has 1 aromatic carbocycles. The second-order valence-corrected chi connectivity index (χ2v) is 5.18. The minimum Gasteiger partial charge on any atom is -0.274 e. The van der Waals surface area contributed by atoms with E-state index in [2.05, 4.69) is 6.92 Å². The highest BCUT2D eigenvalue weighted by Gasteiger charge is 2.17. The van der Waals surface area contributed by atoms with Crippen LogP contribution in [0.4, 0.5) is 0 Å². The third-order valence-corrected chi connectivity index (χ3v) is 3.67. The van der Waals surface area contributed by atoms with Gasteiger partial charge in [-0.15, -0.1) is 0 Å². The molecule has 0 bridgehead atoms. The van der Waals surface area contributed by atoms with Crippen LogP contribution in [0.25, 0.3) is 11.0 Å². The van der Waals surface area contributed by atoms with E-state index in [4.69, 9.17) is 12.2 Å². The van der Waals surface area contributed by atoms with Crippen molar-refractivity contribution in [3.05, 3.63) is 29.0 Å². The maximum atomic E-state index is 12.4. The number of hydrogen-bond donors (Lipinski definition) is 0. The van der Waals surface area contributed by atoms with Crippen LogP contribution in [0.15, 0.2) is 24.3 Å². The van der Waals surface area contributed by atoms with Crippen molar-refractivity contribution in [2.75, 3.05) is 0 Å². The summed E-state index contributed by atoms with van der Waals surface area (Å²) in [6.07, 6.45) is 3.38. The molecular formula is C15H18N2O2S. The van der Waals surface area contributed by atoms with Crippen molar-refractivity contribution in [2.45, 2.75) is 39.5 Å². The molecule has 2 rings (SSSR count). The van der Waals surface area contributed by atoms with Gasteiger partial charge in [-0.3, -0.25) is 18.7 Å². The first kappa shape index (κ1) is 14.7. The third-order valence-electron chi connectivity index (χ3n) is 3.30. The van der Waals surface area contributed by atoms with Crippen LogP contribution in [0.1, 0.15) is 49.1 Å². The number of unbranched alkanes of at least 4 members (excludes halogenated alkanes) is 2.